The van der Waals surface area contributed by atoms with Gasteiger partial charge in [0.25, 0.3) is 10.9 Å². The number of quaternary nitrogens is 1. The van der Waals surface area contributed by atoms with E-state index in [1.807, 2.05) is 42.2 Å². The number of benzene rings is 1. The average Bonchev–Trinajstić information content (AvgIpc) is 3.58. The van der Waals surface area contributed by atoms with Crippen LogP contribution in [-0.2, 0) is 31.5 Å². The van der Waals surface area contributed by atoms with Crippen molar-refractivity contribution in [2.45, 2.75) is 40.8 Å². The fourth-order valence-electron chi connectivity index (χ4n) is 5.19. The number of amides is 1. The first kappa shape index (κ1) is 30.0. The molecule has 2 atom stereocenters. The Kier molecular flexibility index (Phi) is 8.27. The van der Waals surface area contributed by atoms with E-state index in [4.69, 9.17) is 11.6 Å². The minimum atomic E-state index is -4.37. The van der Waals surface area contributed by atoms with Crippen molar-refractivity contribution in [1.82, 2.24) is 9.21 Å². The molecule has 1 fully saturated rings. The predicted octanol–water partition coefficient (Wildman–Crippen LogP) is 5.07. The highest BCUT2D eigenvalue weighted by Crippen LogP contribution is 2.57. The molecule has 1 saturated heterocycles. The molecule has 2 aliphatic heterocycles. The second kappa shape index (κ2) is 11.0. The number of hydrogen-bond donors (Lipinski definition) is 2. The molecule has 2 N–H and O–H groups in total. The Labute approximate surface area is 254 Å². The number of carbonyl (C=O) groups excluding carboxylic acids is 1. The van der Waals surface area contributed by atoms with Crippen LogP contribution in [0.15, 0.2) is 50.0 Å². The van der Waals surface area contributed by atoms with Gasteiger partial charge in [-0.2, -0.15) is 13.0 Å². The Morgan fingerprint density at radius 1 is 1.27 bits per heavy atom. The van der Waals surface area contributed by atoms with Crippen molar-refractivity contribution < 1.29 is 30.7 Å². The van der Waals surface area contributed by atoms with E-state index >= 15 is 0 Å². The van der Waals surface area contributed by atoms with Crippen molar-refractivity contribution in [1.29, 1.82) is 0 Å². The van der Waals surface area contributed by atoms with E-state index in [2.05, 4.69) is 0 Å². The molecule has 1 spiro atoms. The number of nitrogens with zero attached hydrogens (tertiary/aromatic N) is 2. The van der Waals surface area contributed by atoms with Crippen LogP contribution in [0.5, 0.6) is 0 Å². The number of thiazole rings is 1. The highest BCUT2D eigenvalue weighted by atomic mass is 35.5. The SMILES string of the molecule is CSc1cc2c(s1)sc(C=C(C)C=C1Sc3ccc(Cl)cc3[N+]13CCCC3S(=O)(=O)O)[n+]2CC(=O)NS(C)(=O)=O. The molecule has 5 rings (SSSR count). The molecule has 214 valence electrons. The molecule has 0 saturated carbocycles. The van der Waals surface area contributed by atoms with Crippen LogP contribution >= 0.6 is 57.8 Å². The van der Waals surface area contributed by atoms with E-state index in [-0.39, 0.29) is 11.0 Å². The first-order valence-electron chi connectivity index (χ1n) is 11.9. The van der Waals surface area contributed by atoms with Crippen LogP contribution in [0.1, 0.15) is 24.8 Å². The van der Waals surface area contributed by atoms with Crippen LogP contribution in [-0.4, -0.2) is 51.7 Å². The van der Waals surface area contributed by atoms with E-state index in [0.29, 0.717) is 24.4 Å². The van der Waals surface area contributed by atoms with Gasteiger partial charge in [-0.3, -0.25) is 9.35 Å². The average molecular weight is 680 g/mol. The fourth-order valence-corrected chi connectivity index (χ4v) is 11.8. The zero-order valence-electron chi connectivity index (χ0n) is 21.6. The van der Waals surface area contributed by atoms with E-state index in [1.54, 1.807) is 39.8 Å². The molecule has 16 heteroatoms. The third kappa shape index (κ3) is 5.77. The van der Waals surface area contributed by atoms with E-state index in [0.717, 1.165) is 46.2 Å². The van der Waals surface area contributed by atoms with Gasteiger partial charge in [0.05, 0.1) is 21.9 Å². The number of hydrogen-bond acceptors (Lipinski definition) is 9. The number of halogens is 1. The maximum atomic E-state index is 12.6. The Bertz CT molecular complexity index is 1810. The molecule has 0 radical (unpaired) electrons. The third-order valence-electron chi connectivity index (χ3n) is 6.67. The third-order valence-corrected chi connectivity index (χ3v) is 13.4. The molecule has 1 amide bonds. The molecule has 4 heterocycles. The van der Waals surface area contributed by atoms with Gasteiger partial charge < -0.3 is 0 Å². The molecule has 0 aliphatic carbocycles. The zero-order valence-corrected chi connectivity index (χ0v) is 27.2. The summed E-state index contributed by atoms with van der Waals surface area (Å²) in [5, 5.41) is 0.953. The van der Waals surface area contributed by atoms with Crippen LogP contribution in [0, 0.1) is 0 Å². The largest absolute Gasteiger partial charge is 0.320 e. The van der Waals surface area contributed by atoms with Gasteiger partial charge in [0.15, 0.2) is 14.7 Å². The molecule has 0 bridgehead atoms. The molecule has 2 aromatic heterocycles. The summed E-state index contributed by atoms with van der Waals surface area (Å²) < 4.78 is 64.5. The van der Waals surface area contributed by atoms with E-state index in [9.17, 15) is 26.2 Å². The molecule has 1 aromatic carbocycles. The highest BCUT2D eigenvalue weighted by molar-refractivity contribution is 8.03. The van der Waals surface area contributed by atoms with Crippen molar-refractivity contribution in [3.05, 3.63) is 51.0 Å². The topological polar surface area (TPSA) is 121 Å². The summed E-state index contributed by atoms with van der Waals surface area (Å²) in [6.45, 7) is 2.21. The molecule has 2 unspecified atom stereocenters. The number of thiophene rings is 1. The summed E-state index contributed by atoms with van der Waals surface area (Å²) in [5.74, 6) is -0.647. The second-order valence-corrected chi connectivity index (χ2v) is 17.8. The van der Waals surface area contributed by atoms with Gasteiger partial charge in [-0.05, 0) is 42.6 Å². The number of sulfonamides is 1. The van der Waals surface area contributed by atoms with Crippen molar-refractivity contribution in [3.63, 3.8) is 0 Å². The van der Waals surface area contributed by atoms with Gasteiger partial charge in [-0.1, -0.05) is 22.9 Å². The normalized spacial score (nSPS) is 22.5. The summed E-state index contributed by atoms with van der Waals surface area (Å²) in [6, 6.07) is 7.39. The molecule has 3 aromatic rings. The minimum Gasteiger partial charge on any atom is -0.281 e. The summed E-state index contributed by atoms with van der Waals surface area (Å²) in [4.78, 5) is 13.5. The van der Waals surface area contributed by atoms with Gasteiger partial charge in [0.1, 0.15) is 0 Å². The summed E-state index contributed by atoms with van der Waals surface area (Å²) in [7, 11) is -8.08. The Hall–Kier alpha value is -1.43. The fraction of sp³-hybridized carbons (Fsp3) is 0.333. The lowest BCUT2D eigenvalue weighted by molar-refractivity contribution is -0.655. The van der Waals surface area contributed by atoms with E-state index < -0.39 is 31.4 Å². The van der Waals surface area contributed by atoms with E-state index in [1.165, 1.54) is 23.1 Å². The van der Waals surface area contributed by atoms with Crippen molar-refractivity contribution in [2.75, 3.05) is 19.1 Å². The monoisotopic (exact) mass is 679 g/mol. The maximum Gasteiger partial charge on any atom is 0.320 e. The van der Waals surface area contributed by atoms with Crippen molar-refractivity contribution in [2.24, 2.45) is 0 Å². The van der Waals surface area contributed by atoms with Gasteiger partial charge in [0.2, 0.25) is 27.5 Å². The number of allylic oxidation sites excluding steroid dienone is 2. The van der Waals surface area contributed by atoms with Crippen molar-refractivity contribution in [3.8, 4) is 0 Å². The smallest absolute Gasteiger partial charge is 0.281 e. The maximum absolute atomic E-state index is 12.6. The van der Waals surface area contributed by atoms with Gasteiger partial charge in [0, 0.05) is 42.1 Å². The van der Waals surface area contributed by atoms with Gasteiger partial charge >= 0.3 is 10.1 Å². The lowest BCUT2D eigenvalue weighted by atomic mass is 10.2. The Morgan fingerprint density at radius 2 is 2.02 bits per heavy atom. The van der Waals surface area contributed by atoms with Gasteiger partial charge in [-0.25, -0.2) is 17.6 Å². The number of carbonyl (C=O) groups is 1. The first-order valence-corrected chi connectivity index (χ1v) is 19.4. The Balaban J connectivity index is 1.60. The quantitative estimate of drug-likeness (QED) is 0.154. The first-order chi connectivity index (χ1) is 18.7. The predicted molar refractivity (Wildman–Crippen MR) is 165 cm³/mol. The lowest BCUT2D eigenvalue weighted by Gasteiger charge is -2.34. The zero-order chi connectivity index (χ0) is 29.0. The molecule has 9 nitrogen and oxygen atoms in total. The molecular formula is C24H26ClN3O6S6+2. The molecule has 2 aliphatic rings. The van der Waals surface area contributed by atoms with Crippen LogP contribution < -0.4 is 13.8 Å². The lowest BCUT2D eigenvalue weighted by Crippen LogP contribution is -2.52. The summed E-state index contributed by atoms with van der Waals surface area (Å²) >= 11 is 12.5. The molecular weight excluding hydrogens is 654 g/mol. The second-order valence-electron chi connectivity index (χ2n) is 9.56. The highest BCUT2D eigenvalue weighted by Gasteiger charge is 2.58. The minimum absolute atomic E-state index is 0.0159. The molecule has 40 heavy (non-hydrogen) atoms. The number of rotatable bonds is 7. The number of nitrogens with one attached hydrogen (secondary N) is 1. The summed E-state index contributed by atoms with van der Waals surface area (Å²) in [5.41, 5.74) is 2.39. The Morgan fingerprint density at radius 3 is 2.70 bits per heavy atom. The van der Waals surface area contributed by atoms with Crippen molar-refractivity contribution >= 4 is 105 Å². The summed E-state index contributed by atoms with van der Waals surface area (Å²) in [6.07, 6.45) is 7.67. The standard InChI is InChI=1S/C24H24ClN3O6S6/c1-14(9-20-27(13-19(29)26-39(3,30)31)16-12-23(35-2)38-24(16)37-20)10-21-28(8-4-5-22(28)40(32,33)34)17-11-15(25)6-7-18(17)36-21/h6-7,9-12,22H,4-5,8,13H2,1-3H3/p+2. The number of thioether (sulfide) groups is 2. The van der Waals surface area contributed by atoms with Gasteiger partial charge in [-0.15, -0.1) is 23.1 Å². The van der Waals surface area contributed by atoms with Crippen LogP contribution in [0.3, 0.4) is 0 Å². The van der Waals surface area contributed by atoms with Crippen LogP contribution in [0.4, 0.5) is 5.69 Å². The number of aromatic nitrogens is 1. The van der Waals surface area contributed by atoms with Crippen LogP contribution in [0.25, 0.3) is 15.6 Å². The van der Waals surface area contributed by atoms with Crippen LogP contribution in [0.2, 0.25) is 5.02 Å². The number of fused-ring (bicyclic) bond motifs is 3.